The van der Waals surface area contributed by atoms with Crippen LogP contribution in [-0.4, -0.2) is 65.7 Å². The molecule has 2 aromatic rings. The summed E-state index contributed by atoms with van der Waals surface area (Å²) in [7, 11) is -1.32. The molecule has 0 spiro atoms. The van der Waals surface area contributed by atoms with E-state index in [1.165, 1.54) is 0 Å². The van der Waals surface area contributed by atoms with Crippen molar-refractivity contribution in [1.29, 1.82) is 0 Å². The average molecular weight is 546 g/mol. The maximum atomic E-state index is 9.67. The van der Waals surface area contributed by atoms with Crippen LogP contribution in [0.15, 0.2) is 36.7 Å². The summed E-state index contributed by atoms with van der Waals surface area (Å²) in [5.41, 5.74) is 4.24. The molecule has 1 heterocycles. The summed E-state index contributed by atoms with van der Waals surface area (Å²) >= 11 is 0. The van der Waals surface area contributed by atoms with Gasteiger partial charge in [-0.25, -0.2) is 0 Å². The highest BCUT2D eigenvalue weighted by Gasteiger charge is 2.30. The highest BCUT2D eigenvalue weighted by atomic mass is 32.3. The number of aromatic nitrogens is 1. The number of rotatable bonds is 14. The molecule has 0 saturated heterocycles. The van der Waals surface area contributed by atoms with E-state index in [0.29, 0.717) is 26.4 Å². The highest BCUT2D eigenvalue weighted by molar-refractivity contribution is 8.30. The van der Waals surface area contributed by atoms with Gasteiger partial charge in [0.05, 0.1) is 38.4 Å². The lowest BCUT2D eigenvalue weighted by Crippen LogP contribution is -2.31. The van der Waals surface area contributed by atoms with Gasteiger partial charge in [-0.05, 0) is 102 Å². The van der Waals surface area contributed by atoms with Crippen molar-refractivity contribution in [2.24, 2.45) is 0 Å². The van der Waals surface area contributed by atoms with Crippen LogP contribution < -0.4 is 4.18 Å². The Morgan fingerprint density at radius 1 is 1.03 bits per heavy atom. The number of aliphatic hydroxyl groups is 1. The normalized spacial score (nSPS) is 14.6. The van der Waals surface area contributed by atoms with Gasteiger partial charge in [0.25, 0.3) is 0 Å². The second-order valence-corrected chi connectivity index (χ2v) is 15.3. The maximum absolute atomic E-state index is 9.67. The zero-order valence-electron chi connectivity index (χ0n) is 24.7. The van der Waals surface area contributed by atoms with Crippen LogP contribution in [0.2, 0.25) is 0 Å². The van der Waals surface area contributed by atoms with Crippen molar-refractivity contribution >= 4 is 10.3 Å². The number of hydrogen-bond donors (Lipinski definition) is 1. The summed E-state index contributed by atoms with van der Waals surface area (Å²) < 4.78 is 23.3. The van der Waals surface area contributed by atoms with Gasteiger partial charge in [0, 0.05) is 17.1 Å². The average Bonchev–Trinajstić information content (AvgIpc) is 2.79. The largest absolute Gasteiger partial charge is 0.449 e. The summed E-state index contributed by atoms with van der Waals surface area (Å²) in [6, 6.07) is 8.32. The first-order chi connectivity index (χ1) is 17.6. The minimum Gasteiger partial charge on any atom is -0.449 e. The van der Waals surface area contributed by atoms with Gasteiger partial charge in [-0.3, -0.25) is 4.98 Å². The van der Waals surface area contributed by atoms with Gasteiger partial charge in [0.2, 0.25) is 0 Å². The van der Waals surface area contributed by atoms with Crippen molar-refractivity contribution in [1.82, 2.24) is 4.98 Å². The summed E-state index contributed by atoms with van der Waals surface area (Å²) in [6.45, 7) is 15.7. The van der Waals surface area contributed by atoms with Crippen molar-refractivity contribution in [2.75, 3.05) is 38.9 Å². The third-order valence-corrected chi connectivity index (χ3v) is 9.96. The molecule has 2 atom stereocenters. The second-order valence-electron chi connectivity index (χ2n) is 11.5. The lowest BCUT2D eigenvalue weighted by atomic mass is 9.89. The van der Waals surface area contributed by atoms with E-state index in [4.69, 9.17) is 24.8 Å². The fraction of sp³-hybridized carbons (Fsp3) is 0.581. The molecule has 38 heavy (non-hydrogen) atoms. The first-order valence-electron chi connectivity index (χ1n) is 13.1. The Labute approximate surface area is 232 Å². The SMILES string of the molecule is C#CC(c1cncc(CCOCCOC[C@@H](C)OC(C)(C)O)c1)c1cc(OS(C)(C)C(C)(C)C)ccc1C. The van der Waals surface area contributed by atoms with Crippen LogP contribution >= 0.6 is 10.3 Å². The Hall–Kier alpha value is -2.08. The van der Waals surface area contributed by atoms with Crippen molar-refractivity contribution < 1.29 is 23.5 Å². The molecule has 0 bridgehead atoms. The van der Waals surface area contributed by atoms with Crippen molar-refractivity contribution in [3.63, 3.8) is 0 Å². The molecule has 1 unspecified atom stereocenters. The molecule has 6 nitrogen and oxygen atoms in total. The predicted molar refractivity (Wildman–Crippen MR) is 158 cm³/mol. The zero-order chi connectivity index (χ0) is 28.6. The highest BCUT2D eigenvalue weighted by Crippen LogP contribution is 2.53. The van der Waals surface area contributed by atoms with E-state index < -0.39 is 16.1 Å². The molecule has 1 N–H and O–H groups in total. The summed E-state index contributed by atoms with van der Waals surface area (Å²) in [5.74, 6) is 2.43. The molecule has 212 valence electrons. The van der Waals surface area contributed by atoms with Gasteiger partial charge in [0.15, 0.2) is 5.79 Å². The summed E-state index contributed by atoms with van der Waals surface area (Å²) in [5, 5.41) is 9.67. The zero-order valence-corrected chi connectivity index (χ0v) is 25.5. The first-order valence-corrected chi connectivity index (χ1v) is 15.5. The van der Waals surface area contributed by atoms with E-state index in [1.54, 1.807) is 13.8 Å². The molecule has 0 saturated carbocycles. The topological polar surface area (TPSA) is 70.0 Å². The monoisotopic (exact) mass is 545 g/mol. The van der Waals surface area contributed by atoms with Gasteiger partial charge in [-0.15, -0.1) is 6.42 Å². The molecule has 1 aromatic heterocycles. The Kier molecular flexibility index (Phi) is 11.7. The molecule has 0 aliphatic carbocycles. The first kappa shape index (κ1) is 32.1. The molecular formula is C31H47NO5S. The van der Waals surface area contributed by atoms with Crippen LogP contribution in [0, 0.1) is 19.3 Å². The quantitative estimate of drug-likeness (QED) is 0.178. The standard InChI is InChI=1S/C31H47NO5S/c1-11-28(29-19-27(13-12-23(29)2)37-38(9,10)30(4,5)6)26-18-25(20-32-21-26)14-15-34-16-17-35-22-24(3)36-31(7,8)33/h1,12-13,18-21,24,28,33H,14-17,22H2,2-10H3/t24-,28?/m1/s1. The van der Waals surface area contributed by atoms with Crippen LogP contribution in [0.3, 0.4) is 0 Å². The second kappa shape index (κ2) is 13.8. The lowest BCUT2D eigenvalue weighted by molar-refractivity contribution is -0.211. The fourth-order valence-electron chi connectivity index (χ4n) is 3.70. The lowest BCUT2D eigenvalue weighted by Gasteiger charge is -2.43. The van der Waals surface area contributed by atoms with Gasteiger partial charge in [0.1, 0.15) is 5.75 Å². The third kappa shape index (κ3) is 10.2. The fourth-order valence-corrected chi connectivity index (χ4v) is 4.54. The number of nitrogens with zero attached hydrogens (tertiary/aromatic N) is 1. The molecular weight excluding hydrogens is 498 g/mol. The number of aryl methyl sites for hydroxylation is 1. The summed E-state index contributed by atoms with van der Waals surface area (Å²) in [6.07, 6.45) is 14.7. The van der Waals surface area contributed by atoms with Crippen molar-refractivity contribution in [3.05, 3.63) is 58.9 Å². The van der Waals surface area contributed by atoms with E-state index in [9.17, 15) is 5.11 Å². The molecule has 0 fully saturated rings. The van der Waals surface area contributed by atoms with Crippen LogP contribution in [0.5, 0.6) is 5.75 Å². The minimum atomic E-state index is -1.32. The molecule has 0 radical (unpaired) electrons. The predicted octanol–water partition coefficient (Wildman–Crippen LogP) is 6.02. The van der Waals surface area contributed by atoms with E-state index in [2.05, 4.69) is 69.3 Å². The molecule has 0 aliphatic heterocycles. The van der Waals surface area contributed by atoms with E-state index in [0.717, 1.165) is 34.4 Å². The molecule has 1 aromatic carbocycles. The van der Waals surface area contributed by atoms with Gasteiger partial charge >= 0.3 is 0 Å². The van der Waals surface area contributed by atoms with Crippen LogP contribution in [0.25, 0.3) is 0 Å². The number of ether oxygens (including phenoxy) is 3. The van der Waals surface area contributed by atoms with Crippen LogP contribution in [0.1, 0.15) is 69.7 Å². The van der Waals surface area contributed by atoms with Crippen LogP contribution in [0.4, 0.5) is 0 Å². The Morgan fingerprint density at radius 3 is 2.34 bits per heavy atom. The third-order valence-electron chi connectivity index (χ3n) is 6.41. The van der Waals surface area contributed by atoms with E-state index in [-0.39, 0.29) is 16.8 Å². The molecule has 0 amide bonds. The number of terminal acetylenes is 1. The molecule has 7 heteroatoms. The van der Waals surface area contributed by atoms with E-state index in [1.807, 2.05) is 25.4 Å². The van der Waals surface area contributed by atoms with Crippen LogP contribution in [-0.2, 0) is 20.6 Å². The van der Waals surface area contributed by atoms with Gasteiger partial charge in [-0.1, -0.05) is 28.4 Å². The molecule has 0 aliphatic rings. The Bertz CT molecular complexity index is 1070. The van der Waals surface area contributed by atoms with Gasteiger partial charge in [-0.2, -0.15) is 0 Å². The number of benzene rings is 1. The van der Waals surface area contributed by atoms with E-state index >= 15 is 0 Å². The maximum Gasteiger partial charge on any atom is 0.160 e. The molecule has 2 rings (SSSR count). The number of pyridine rings is 1. The Morgan fingerprint density at radius 2 is 1.71 bits per heavy atom. The van der Waals surface area contributed by atoms with Gasteiger partial charge < -0.3 is 23.5 Å². The smallest absolute Gasteiger partial charge is 0.160 e. The summed E-state index contributed by atoms with van der Waals surface area (Å²) in [4.78, 5) is 4.46. The number of hydrogen-bond acceptors (Lipinski definition) is 6. The van der Waals surface area contributed by atoms with Crippen molar-refractivity contribution in [2.45, 2.75) is 77.4 Å². The minimum absolute atomic E-state index is 0.0555. The Balaban J connectivity index is 1.96. The van der Waals surface area contributed by atoms with Crippen molar-refractivity contribution in [3.8, 4) is 18.1 Å².